The fourth-order valence-electron chi connectivity index (χ4n) is 3.82. The molecule has 1 spiro atoms. The first-order valence-corrected chi connectivity index (χ1v) is 9.07. The average Bonchev–Trinajstić information content (AvgIpc) is 2.82. The van der Waals surface area contributed by atoms with Gasteiger partial charge in [0.25, 0.3) is 0 Å². The van der Waals surface area contributed by atoms with Crippen LogP contribution in [0.4, 0.5) is 13.6 Å². The fourth-order valence-corrected chi connectivity index (χ4v) is 3.82. The Kier molecular flexibility index (Phi) is 5.39. The highest BCUT2D eigenvalue weighted by Gasteiger charge is 2.49. The molecule has 0 unspecified atom stereocenters. The average molecular weight is 375 g/mol. The van der Waals surface area contributed by atoms with Crippen molar-refractivity contribution in [3.63, 3.8) is 0 Å². The monoisotopic (exact) mass is 375 g/mol. The Bertz CT molecular complexity index is 552. The standard InChI is InChI=1S/C17H27F2N3O4/c1-21(2)15(24)22-5-6-25-11-16(10-22)4-3-13(26-16)9-20-14(23)12-7-17(18,19)8-12/h12-13H,3-11H2,1-2H3,(H,20,23)/t13-,16+/m0/s1. The zero-order chi connectivity index (χ0) is 18.9. The molecule has 3 fully saturated rings. The lowest BCUT2D eigenvalue weighted by Gasteiger charge is -2.34. The minimum atomic E-state index is -2.70. The van der Waals surface area contributed by atoms with Crippen LogP contribution in [0.2, 0.25) is 0 Å². The zero-order valence-corrected chi connectivity index (χ0v) is 15.3. The van der Waals surface area contributed by atoms with Gasteiger partial charge in [0.1, 0.15) is 5.60 Å². The van der Waals surface area contributed by atoms with E-state index in [0.717, 1.165) is 12.8 Å². The molecule has 2 heterocycles. The summed E-state index contributed by atoms with van der Waals surface area (Å²) in [6, 6.07) is -0.0823. The van der Waals surface area contributed by atoms with Gasteiger partial charge in [-0.1, -0.05) is 0 Å². The molecular formula is C17H27F2N3O4. The van der Waals surface area contributed by atoms with E-state index in [4.69, 9.17) is 9.47 Å². The van der Waals surface area contributed by atoms with Crippen molar-refractivity contribution in [2.45, 2.75) is 43.3 Å². The topological polar surface area (TPSA) is 71.1 Å². The van der Waals surface area contributed by atoms with Crippen LogP contribution in [0.15, 0.2) is 0 Å². The summed E-state index contributed by atoms with van der Waals surface area (Å²) in [4.78, 5) is 27.5. The Hall–Kier alpha value is -1.48. The van der Waals surface area contributed by atoms with Gasteiger partial charge in [-0.15, -0.1) is 0 Å². The number of alkyl halides is 2. The first-order valence-electron chi connectivity index (χ1n) is 9.07. The lowest BCUT2D eigenvalue weighted by molar-refractivity contribution is -0.151. The third kappa shape index (κ3) is 4.25. The number of ether oxygens (including phenoxy) is 2. The molecular weight excluding hydrogens is 348 g/mol. The molecule has 0 aromatic carbocycles. The van der Waals surface area contributed by atoms with E-state index in [1.807, 2.05) is 0 Å². The summed E-state index contributed by atoms with van der Waals surface area (Å²) < 4.78 is 37.5. The number of urea groups is 1. The van der Waals surface area contributed by atoms with Gasteiger partial charge in [-0.25, -0.2) is 13.6 Å². The molecule has 0 radical (unpaired) electrons. The van der Waals surface area contributed by atoms with Gasteiger partial charge in [0, 0.05) is 45.9 Å². The normalized spacial score (nSPS) is 31.4. The molecule has 0 aromatic heterocycles. The molecule has 7 nitrogen and oxygen atoms in total. The van der Waals surface area contributed by atoms with Crippen LogP contribution in [0.1, 0.15) is 25.7 Å². The lowest BCUT2D eigenvalue weighted by atomic mass is 9.81. The van der Waals surface area contributed by atoms with Crippen molar-refractivity contribution in [1.82, 2.24) is 15.1 Å². The molecule has 148 valence electrons. The summed E-state index contributed by atoms with van der Waals surface area (Å²) in [6.07, 6.45) is 0.520. The lowest BCUT2D eigenvalue weighted by Crippen LogP contribution is -2.50. The number of nitrogens with one attached hydrogen (secondary N) is 1. The van der Waals surface area contributed by atoms with Crippen LogP contribution in [-0.4, -0.2) is 86.3 Å². The Balaban J connectivity index is 1.50. The van der Waals surface area contributed by atoms with E-state index in [0.29, 0.717) is 32.8 Å². The Labute approximate surface area is 152 Å². The summed E-state index contributed by atoms with van der Waals surface area (Å²) in [5, 5.41) is 2.73. The van der Waals surface area contributed by atoms with Crippen LogP contribution >= 0.6 is 0 Å². The summed E-state index contributed by atoms with van der Waals surface area (Å²) in [6.45, 7) is 2.12. The number of nitrogens with zero attached hydrogens (tertiary/aromatic N) is 2. The number of carbonyl (C=O) groups is 2. The third-order valence-corrected chi connectivity index (χ3v) is 5.31. The van der Waals surface area contributed by atoms with Crippen molar-refractivity contribution in [2.24, 2.45) is 5.92 Å². The minimum absolute atomic E-state index is 0.0823. The number of halogens is 2. The zero-order valence-electron chi connectivity index (χ0n) is 15.3. The SMILES string of the molecule is CN(C)C(=O)N1CCOC[C@@]2(CC[C@@H](CNC(=O)C3CC(F)(F)C3)O2)C1. The van der Waals surface area contributed by atoms with Crippen molar-refractivity contribution in [2.75, 3.05) is 46.9 Å². The van der Waals surface area contributed by atoms with Crippen LogP contribution in [-0.2, 0) is 14.3 Å². The van der Waals surface area contributed by atoms with E-state index in [1.54, 1.807) is 19.0 Å². The van der Waals surface area contributed by atoms with E-state index in [9.17, 15) is 18.4 Å². The number of rotatable bonds is 3. The van der Waals surface area contributed by atoms with Crippen LogP contribution in [0.25, 0.3) is 0 Å². The quantitative estimate of drug-likeness (QED) is 0.801. The molecule has 2 atom stereocenters. The predicted octanol–water partition coefficient (Wildman–Crippen LogP) is 1.08. The second kappa shape index (κ2) is 7.26. The predicted molar refractivity (Wildman–Crippen MR) is 89.0 cm³/mol. The maximum absolute atomic E-state index is 12.9. The van der Waals surface area contributed by atoms with Crippen molar-refractivity contribution in [3.8, 4) is 0 Å². The van der Waals surface area contributed by atoms with Crippen molar-refractivity contribution >= 4 is 11.9 Å². The first kappa shape index (κ1) is 19.3. The van der Waals surface area contributed by atoms with Gasteiger partial charge in [0.15, 0.2) is 0 Å². The molecule has 2 saturated heterocycles. The highest BCUT2D eigenvalue weighted by molar-refractivity contribution is 5.79. The summed E-state index contributed by atoms with van der Waals surface area (Å²) in [5.41, 5.74) is -0.568. The van der Waals surface area contributed by atoms with Crippen LogP contribution < -0.4 is 5.32 Å². The smallest absolute Gasteiger partial charge is 0.319 e. The highest BCUT2D eigenvalue weighted by Crippen LogP contribution is 2.42. The molecule has 3 rings (SSSR count). The molecule has 1 N–H and O–H groups in total. The Morgan fingerprint density at radius 3 is 2.69 bits per heavy atom. The van der Waals surface area contributed by atoms with E-state index < -0.39 is 17.4 Å². The summed E-state index contributed by atoms with van der Waals surface area (Å²) >= 11 is 0. The summed E-state index contributed by atoms with van der Waals surface area (Å²) in [7, 11) is 3.41. The summed E-state index contributed by atoms with van der Waals surface area (Å²) in [5.74, 6) is -3.63. The molecule has 3 amide bonds. The van der Waals surface area contributed by atoms with Gasteiger partial charge < -0.3 is 24.6 Å². The Morgan fingerprint density at radius 1 is 1.31 bits per heavy atom. The maximum Gasteiger partial charge on any atom is 0.319 e. The second-order valence-corrected chi connectivity index (χ2v) is 7.82. The minimum Gasteiger partial charge on any atom is -0.377 e. The van der Waals surface area contributed by atoms with Crippen molar-refractivity contribution < 1.29 is 27.8 Å². The van der Waals surface area contributed by atoms with Gasteiger partial charge in [-0.05, 0) is 12.8 Å². The van der Waals surface area contributed by atoms with Crippen molar-refractivity contribution in [1.29, 1.82) is 0 Å². The number of hydrogen-bond donors (Lipinski definition) is 1. The van der Waals surface area contributed by atoms with E-state index in [1.165, 1.54) is 4.90 Å². The van der Waals surface area contributed by atoms with Gasteiger partial charge in [0.2, 0.25) is 11.8 Å². The van der Waals surface area contributed by atoms with E-state index in [2.05, 4.69) is 5.32 Å². The molecule has 3 aliphatic rings. The van der Waals surface area contributed by atoms with Crippen LogP contribution in [0.3, 0.4) is 0 Å². The third-order valence-electron chi connectivity index (χ3n) is 5.31. The maximum atomic E-state index is 12.9. The van der Waals surface area contributed by atoms with E-state index in [-0.39, 0.29) is 30.9 Å². The van der Waals surface area contributed by atoms with Gasteiger partial charge in [-0.3, -0.25) is 4.79 Å². The molecule has 1 saturated carbocycles. The number of hydrogen-bond acceptors (Lipinski definition) is 4. The van der Waals surface area contributed by atoms with Crippen LogP contribution in [0, 0.1) is 5.92 Å². The number of carbonyl (C=O) groups excluding carboxylic acids is 2. The molecule has 0 bridgehead atoms. The molecule has 9 heteroatoms. The van der Waals surface area contributed by atoms with Gasteiger partial charge in [0.05, 0.1) is 25.9 Å². The molecule has 0 aromatic rings. The molecule has 2 aliphatic heterocycles. The second-order valence-electron chi connectivity index (χ2n) is 7.82. The van der Waals surface area contributed by atoms with Gasteiger partial charge in [-0.2, -0.15) is 0 Å². The van der Waals surface area contributed by atoms with E-state index >= 15 is 0 Å². The van der Waals surface area contributed by atoms with Crippen LogP contribution in [0.5, 0.6) is 0 Å². The first-order chi connectivity index (χ1) is 12.2. The highest BCUT2D eigenvalue weighted by atomic mass is 19.3. The fraction of sp³-hybridized carbons (Fsp3) is 0.882. The number of amides is 3. The van der Waals surface area contributed by atoms with Gasteiger partial charge >= 0.3 is 6.03 Å². The molecule has 26 heavy (non-hydrogen) atoms. The molecule has 1 aliphatic carbocycles. The largest absolute Gasteiger partial charge is 0.377 e. The van der Waals surface area contributed by atoms with Crippen molar-refractivity contribution in [3.05, 3.63) is 0 Å². The Morgan fingerprint density at radius 2 is 2.04 bits per heavy atom.